The molecule has 3 rings (SSSR count). The van der Waals surface area contributed by atoms with Crippen molar-refractivity contribution in [2.45, 2.75) is 38.3 Å². The van der Waals surface area contributed by atoms with Gasteiger partial charge in [-0.2, -0.15) is 18.3 Å². The van der Waals surface area contributed by atoms with Gasteiger partial charge in [-0.3, -0.25) is 4.79 Å². The summed E-state index contributed by atoms with van der Waals surface area (Å²) >= 11 is 0. The molecule has 0 atom stereocenters. The molecule has 11 heteroatoms. The first kappa shape index (κ1) is 21.2. The van der Waals surface area contributed by atoms with E-state index in [0.717, 1.165) is 4.52 Å². The third kappa shape index (κ3) is 4.27. The highest BCUT2D eigenvalue weighted by atomic mass is 35.5. The fourth-order valence-corrected chi connectivity index (χ4v) is 3.14. The molecule has 27 heavy (non-hydrogen) atoms. The number of aromatic amines is 1. The van der Waals surface area contributed by atoms with E-state index in [1.807, 2.05) is 0 Å². The first-order chi connectivity index (χ1) is 12.3. The Hall–Kier alpha value is -2.07. The van der Waals surface area contributed by atoms with Crippen LogP contribution in [0.15, 0.2) is 10.9 Å². The van der Waals surface area contributed by atoms with E-state index in [-0.39, 0.29) is 30.6 Å². The maximum atomic E-state index is 13.5. The maximum Gasteiger partial charge on any atom is 0.436 e. The zero-order valence-corrected chi connectivity index (χ0v) is 15.4. The van der Waals surface area contributed by atoms with E-state index < -0.39 is 29.0 Å². The number of hydrogen-bond donors (Lipinski definition) is 2. The number of fused-ring (bicyclic) bond motifs is 1. The predicted molar refractivity (Wildman–Crippen MR) is 93.5 cm³/mol. The minimum Gasteiger partial charge on any atom is -0.462 e. The Morgan fingerprint density at radius 1 is 1.37 bits per heavy atom. The van der Waals surface area contributed by atoms with Gasteiger partial charge in [-0.15, -0.1) is 12.4 Å². The standard InChI is InChI=1S/C16H19F3N4O3.ClH/c1-2-7-26-15(25)12-13(16(17,18)19)22-23-10(8-11(24)21-14(12)23)9-3-5-20-6-4-9;/h8-9,20H,2-7H2,1H3,(H,21,24);1H. The van der Waals surface area contributed by atoms with Crippen molar-refractivity contribution < 1.29 is 22.7 Å². The summed E-state index contributed by atoms with van der Waals surface area (Å²) in [7, 11) is 0. The van der Waals surface area contributed by atoms with Crippen molar-refractivity contribution in [1.82, 2.24) is 19.9 Å². The molecule has 0 bridgehead atoms. The van der Waals surface area contributed by atoms with Crippen LogP contribution >= 0.6 is 12.4 Å². The maximum absolute atomic E-state index is 13.5. The Kier molecular flexibility index (Phi) is 6.53. The molecule has 0 amide bonds. The summed E-state index contributed by atoms with van der Waals surface area (Å²) < 4.78 is 46.3. The van der Waals surface area contributed by atoms with Crippen LogP contribution in [-0.4, -0.2) is 40.3 Å². The molecule has 2 N–H and O–H groups in total. The fourth-order valence-electron chi connectivity index (χ4n) is 3.14. The first-order valence-electron chi connectivity index (χ1n) is 8.44. The number of aromatic nitrogens is 3. The summed E-state index contributed by atoms with van der Waals surface area (Å²) in [4.78, 5) is 26.6. The van der Waals surface area contributed by atoms with Crippen molar-refractivity contribution in [3.05, 3.63) is 33.4 Å². The second kappa shape index (κ2) is 8.30. The highest BCUT2D eigenvalue weighted by molar-refractivity contribution is 5.97. The molecule has 1 aliphatic heterocycles. The van der Waals surface area contributed by atoms with Crippen LogP contribution in [0.3, 0.4) is 0 Å². The third-order valence-corrected chi connectivity index (χ3v) is 4.32. The minimum atomic E-state index is -4.85. The van der Waals surface area contributed by atoms with Crippen LogP contribution in [0.5, 0.6) is 0 Å². The van der Waals surface area contributed by atoms with Crippen LogP contribution in [-0.2, 0) is 10.9 Å². The Morgan fingerprint density at radius 2 is 2.04 bits per heavy atom. The van der Waals surface area contributed by atoms with Crippen LogP contribution in [0.1, 0.15) is 53.8 Å². The quantitative estimate of drug-likeness (QED) is 0.759. The van der Waals surface area contributed by atoms with E-state index in [4.69, 9.17) is 4.74 Å². The van der Waals surface area contributed by atoms with Crippen molar-refractivity contribution in [1.29, 1.82) is 0 Å². The van der Waals surface area contributed by atoms with Crippen molar-refractivity contribution in [2.75, 3.05) is 19.7 Å². The summed E-state index contributed by atoms with van der Waals surface area (Å²) in [5, 5.41) is 6.79. The Bertz CT molecular complexity index is 872. The minimum absolute atomic E-state index is 0. The molecule has 0 unspecified atom stereocenters. The lowest BCUT2D eigenvalue weighted by molar-refractivity contribution is -0.141. The monoisotopic (exact) mass is 408 g/mol. The number of esters is 1. The van der Waals surface area contributed by atoms with Gasteiger partial charge in [0.1, 0.15) is 5.56 Å². The van der Waals surface area contributed by atoms with Gasteiger partial charge in [-0.1, -0.05) is 6.92 Å². The number of alkyl halides is 3. The molecule has 2 aromatic heterocycles. The summed E-state index contributed by atoms with van der Waals surface area (Å²) in [5.74, 6) is -1.27. The van der Waals surface area contributed by atoms with Crippen LogP contribution < -0.4 is 10.9 Å². The largest absolute Gasteiger partial charge is 0.462 e. The molecule has 0 aromatic carbocycles. The topological polar surface area (TPSA) is 88.5 Å². The molecule has 0 spiro atoms. The van der Waals surface area contributed by atoms with E-state index in [1.165, 1.54) is 6.07 Å². The average Bonchev–Trinajstić information content (AvgIpc) is 2.99. The number of halogens is 4. The van der Waals surface area contributed by atoms with Gasteiger partial charge in [0.2, 0.25) is 0 Å². The number of nitrogens with one attached hydrogen (secondary N) is 2. The third-order valence-electron chi connectivity index (χ3n) is 4.32. The molecule has 150 valence electrons. The van der Waals surface area contributed by atoms with E-state index in [2.05, 4.69) is 15.4 Å². The van der Waals surface area contributed by atoms with Gasteiger partial charge in [0.25, 0.3) is 5.56 Å². The van der Waals surface area contributed by atoms with Gasteiger partial charge >= 0.3 is 12.1 Å². The van der Waals surface area contributed by atoms with Gasteiger partial charge in [-0.05, 0) is 32.4 Å². The van der Waals surface area contributed by atoms with Crippen LogP contribution in [0, 0.1) is 0 Å². The number of hydrogen-bond acceptors (Lipinski definition) is 5. The molecule has 1 aliphatic rings. The Labute approximate surface area is 158 Å². The normalized spacial score (nSPS) is 15.6. The van der Waals surface area contributed by atoms with E-state index >= 15 is 0 Å². The Balaban J connectivity index is 0.00000261. The lowest BCUT2D eigenvalue weighted by Gasteiger charge is -2.23. The number of ether oxygens (including phenoxy) is 1. The second-order valence-electron chi connectivity index (χ2n) is 6.20. The zero-order chi connectivity index (χ0) is 18.9. The number of rotatable bonds is 4. The molecule has 1 fully saturated rings. The predicted octanol–water partition coefficient (Wildman–Crippen LogP) is 2.50. The number of carbonyl (C=O) groups is 1. The molecule has 7 nitrogen and oxygen atoms in total. The molecule has 0 radical (unpaired) electrons. The van der Waals surface area contributed by atoms with Gasteiger partial charge in [0, 0.05) is 12.0 Å². The highest BCUT2D eigenvalue weighted by Gasteiger charge is 2.42. The summed E-state index contributed by atoms with van der Waals surface area (Å²) in [6.07, 6.45) is -3.07. The molecular weight excluding hydrogens is 389 g/mol. The van der Waals surface area contributed by atoms with E-state index in [0.29, 0.717) is 38.0 Å². The highest BCUT2D eigenvalue weighted by Crippen LogP contribution is 2.34. The summed E-state index contributed by atoms with van der Waals surface area (Å²) in [6.45, 7) is 3.09. The van der Waals surface area contributed by atoms with Crippen LogP contribution in [0.2, 0.25) is 0 Å². The SMILES string of the molecule is CCCOC(=O)c1c(C(F)(F)F)nn2c(C3CCNCC3)cc(=O)[nH]c12.Cl. The average molecular weight is 409 g/mol. The molecule has 3 heterocycles. The van der Waals surface area contributed by atoms with Gasteiger partial charge in [0.05, 0.1) is 12.3 Å². The lowest BCUT2D eigenvalue weighted by Crippen LogP contribution is -2.28. The molecule has 0 saturated carbocycles. The van der Waals surface area contributed by atoms with Crippen molar-refractivity contribution >= 4 is 24.0 Å². The van der Waals surface area contributed by atoms with Crippen molar-refractivity contribution in [3.8, 4) is 0 Å². The smallest absolute Gasteiger partial charge is 0.436 e. The second-order valence-corrected chi connectivity index (χ2v) is 6.20. The van der Waals surface area contributed by atoms with Crippen molar-refractivity contribution in [3.63, 3.8) is 0 Å². The van der Waals surface area contributed by atoms with E-state index in [9.17, 15) is 22.8 Å². The first-order valence-corrected chi connectivity index (χ1v) is 8.44. The van der Waals surface area contributed by atoms with E-state index in [1.54, 1.807) is 6.92 Å². The van der Waals surface area contributed by atoms with Crippen molar-refractivity contribution in [2.24, 2.45) is 0 Å². The molecule has 0 aliphatic carbocycles. The summed E-state index contributed by atoms with van der Waals surface area (Å²) in [6, 6.07) is 1.25. The van der Waals surface area contributed by atoms with Gasteiger partial charge in [-0.25, -0.2) is 9.31 Å². The number of H-pyrrole nitrogens is 1. The fraction of sp³-hybridized carbons (Fsp3) is 0.562. The Morgan fingerprint density at radius 3 is 2.63 bits per heavy atom. The lowest BCUT2D eigenvalue weighted by atomic mass is 9.94. The van der Waals surface area contributed by atoms with Gasteiger partial charge in [0.15, 0.2) is 11.3 Å². The van der Waals surface area contributed by atoms with Crippen LogP contribution in [0.4, 0.5) is 13.2 Å². The molecule has 1 saturated heterocycles. The molecule has 2 aromatic rings. The van der Waals surface area contributed by atoms with Gasteiger partial charge < -0.3 is 15.0 Å². The molecular formula is C16H20ClF3N4O3. The number of nitrogens with zero attached hydrogens (tertiary/aromatic N) is 2. The number of carbonyl (C=O) groups excluding carboxylic acids is 1. The zero-order valence-electron chi connectivity index (χ0n) is 14.6. The van der Waals surface area contributed by atoms with Crippen LogP contribution in [0.25, 0.3) is 5.65 Å². The number of piperidine rings is 1. The summed E-state index contributed by atoms with van der Waals surface area (Å²) in [5.41, 5.74) is -2.59.